The van der Waals surface area contributed by atoms with Crippen LogP contribution in [0.4, 0.5) is 0 Å². The van der Waals surface area contributed by atoms with Gasteiger partial charge < -0.3 is 39.4 Å². The van der Waals surface area contributed by atoms with Crippen molar-refractivity contribution < 1.29 is 44.2 Å². The molecular formula is C57H108O9. The Morgan fingerprint density at radius 3 is 1.30 bits per heavy atom. The summed E-state index contributed by atoms with van der Waals surface area (Å²) < 4.78 is 23.0. The molecule has 0 radical (unpaired) electrons. The second kappa shape index (κ2) is 48.7. The standard InChI is InChI=1S/C57H108O9/c1-3-5-7-9-11-13-15-17-19-21-22-23-24-25-26-27-28-29-31-33-35-37-39-41-43-45-47-63-49-51(50-64-57-56(62)55(61)54(60)52(48-58)66-57)65-53(59)46-44-42-40-38-36-34-32-30-20-18-16-14-12-10-8-6-4-2/h15,17,21-22,51-52,54-58,60-62H,3-14,16,18-20,23-50H2,1-2H3/b17-15-,22-21-. The molecule has 0 aromatic heterocycles. The van der Waals surface area contributed by atoms with Crippen LogP contribution in [0.2, 0.25) is 0 Å². The lowest BCUT2D eigenvalue weighted by Crippen LogP contribution is -2.59. The largest absolute Gasteiger partial charge is 0.457 e. The zero-order valence-electron chi connectivity index (χ0n) is 43.2. The summed E-state index contributed by atoms with van der Waals surface area (Å²) in [6.07, 6.45) is 52.2. The number of carbonyl (C=O) groups is 1. The van der Waals surface area contributed by atoms with Gasteiger partial charge in [-0.15, -0.1) is 0 Å². The van der Waals surface area contributed by atoms with Gasteiger partial charge in [0.05, 0.1) is 19.8 Å². The highest BCUT2D eigenvalue weighted by atomic mass is 16.7. The van der Waals surface area contributed by atoms with E-state index >= 15 is 0 Å². The number of allylic oxidation sites excluding steroid dienone is 4. The predicted octanol–water partition coefficient (Wildman–Crippen LogP) is 14.5. The molecule has 0 aromatic carbocycles. The van der Waals surface area contributed by atoms with Crippen molar-refractivity contribution in [3.05, 3.63) is 24.3 Å². The van der Waals surface area contributed by atoms with Crippen molar-refractivity contribution in [3.8, 4) is 0 Å². The van der Waals surface area contributed by atoms with Gasteiger partial charge in [0.25, 0.3) is 0 Å². The molecular weight excluding hydrogens is 829 g/mol. The lowest BCUT2D eigenvalue weighted by Gasteiger charge is -2.39. The minimum atomic E-state index is -1.53. The molecule has 390 valence electrons. The van der Waals surface area contributed by atoms with E-state index in [1.807, 2.05) is 0 Å². The van der Waals surface area contributed by atoms with Gasteiger partial charge in [-0.1, -0.05) is 244 Å². The van der Waals surface area contributed by atoms with Crippen LogP contribution in [-0.2, 0) is 23.7 Å². The second-order valence-corrected chi connectivity index (χ2v) is 19.7. The average Bonchev–Trinajstić information content (AvgIpc) is 3.32. The van der Waals surface area contributed by atoms with E-state index in [2.05, 4.69) is 38.2 Å². The summed E-state index contributed by atoms with van der Waals surface area (Å²) in [6, 6.07) is 0. The molecule has 1 rings (SSSR count). The molecule has 0 amide bonds. The Morgan fingerprint density at radius 1 is 0.485 bits per heavy atom. The molecule has 1 aliphatic rings. The maximum Gasteiger partial charge on any atom is 0.306 e. The van der Waals surface area contributed by atoms with E-state index < -0.39 is 43.4 Å². The van der Waals surface area contributed by atoms with Crippen molar-refractivity contribution in [2.45, 2.75) is 307 Å². The van der Waals surface area contributed by atoms with E-state index in [-0.39, 0.29) is 19.2 Å². The van der Waals surface area contributed by atoms with E-state index in [0.29, 0.717) is 13.0 Å². The number of aliphatic hydroxyl groups excluding tert-OH is 4. The molecule has 66 heavy (non-hydrogen) atoms. The molecule has 9 nitrogen and oxygen atoms in total. The normalized spacial score (nSPS) is 19.4. The number of rotatable bonds is 50. The fourth-order valence-electron chi connectivity index (χ4n) is 8.94. The lowest BCUT2D eigenvalue weighted by atomic mass is 9.99. The van der Waals surface area contributed by atoms with E-state index in [9.17, 15) is 25.2 Å². The highest BCUT2D eigenvalue weighted by molar-refractivity contribution is 5.69. The molecule has 0 aliphatic carbocycles. The Morgan fingerprint density at radius 2 is 0.879 bits per heavy atom. The van der Waals surface area contributed by atoms with Crippen LogP contribution >= 0.6 is 0 Å². The molecule has 6 unspecified atom stereocenters. The molecule has 4 N–H and O–H groups in total. The maximum absolute atomic E-state index is 12.9. The highest BCUT2D eigenvalue weighted by Crippen LogP contribution is 2.23. The Bertz CT molecular complexity index is 1070. The zero-order valence-corrected chi connectivity index (χ0v) is 43.2. The first-order valence-electron chi connectivity index (χ1n) is 28.4. The third-order valence-electron chi connectivity index (χ3n) is 13.4. The van der Waals surface area contributed by atoms with Crippen molar-refractivity contribution in [1.29, 1.82) is 0 Å². The number of aliphatic hydroxyl groups is 4. The van der Waals surface area contributed by atoms with E-state index in [1.54, 1.807) is 0 Å². The van der Waals surface area contributed by atoms with Crippen molar-refractivity contribution in [3.63, 3.8) is 0 Å². The number of carbonyl (C=O) groups excluding carboxylic acids is 1. The van der Waals surface area contributed by atoms with Crippen LogP contribution < -0.4 is 0 Å². The van der Waals surface area contributed by atoms with Crippen LogP contribution in [0.5, 0.6) is 0 Å². The molecule has 0 bridgehead atoms. The van der Waals surface area contributed by atoms with E-state index in [4.69, 9.17) is 18.9 Å². The minimum absolute atomic E-state index is 0.108. The number of unbranched alkanes of at least 4 members (excludes halogenated alkanes) is 35. The number of hydrogen-bond acceptors (Lipinski definition) is 9. The first-order chi connectivity index (χ1) is 32.4. The van der Waals surface area contributed by atoms with Crippen LogP contribution in [0.25, 0.3) is 0 Å². The summed E-state index contributed by atoms with van der Waals surface area (Å²) in [5, 5.41) is 40.3. The molecule has 1 fully saturated rings. The third-order valence-corrected chi connectivity index (χ3v) is 13.4. The summed E-state index contributed by atoms with van der Waals surface area (Å²) in [5.41, 5.74) is 0. The monoisotopic (exact) mass is 937 g/mol. The van der Waals surface area contributed by atoms with Crippen molar-refractivity contribution in [1.82, 2.24) is 0 Å². The van der Waals surface area contributed by atoms with Gasteiger partial charge in [-0.25, -0.2) is 0 Å². The summed E-state index contributed by atoms with van der Waals surface area (Å²) in [5.74, 6) is -0.307. The number of ether oxygens (including phenoxy) is 4. The Kier molecular flexibility index (Phi) is 46.2. The van der Waals surface area contributed by atoms with Crippen molar-refractivity contribution in [2.75, 3.05) is 26.4 Å². The van der Waals surface area contributed by atoms with Crippen molar-refractivity contribution >= 4 is 5.97 Å². The first-order valence-corrected chi connectivity index (χ1v) is 28.4. The van der Waals surface area contributed by atoms with Gasteiger partial charge >= 0.3 is 5.97 Å². The Balaban J connectivity index is 2.13. The number of esters is 1. The van der Waals surface area contributed by atoms with Gasteiger partial charge in [0.1, 0.15) is 30.5 Å². The molecule has 1 heterocycles. The molecule has 0 aromatic rings. The highest BCUT2D eigenvalue weighted by Gasteiger charge is 2.44. The lowest BCUT2D eigenvalue weighted by molar-refractivity contribution is -0.305. The summed E-state index contributed by atoms with van der Waals surface area (Å²) >= 11 is 0. The minimum Gasteiger partial charge on any atom is -0.457 e. The zero-order chi connectivity index (χ0) is 47.8. The average molecular weight is 937 g/mol. The summed E-state index contributed by atoms with van der Waals surface area (Å²) in [4.78, 5) is 12.9. The van der Waals surface area contributed by atoms with Gasteiger partial charge in [-0.05, 0) is 44.9 Å². The molecule has 0 saturated carbocycles. The smallest absolute Gasteiger partial charge is 0.306 e. The van der Waals surface area contributed by atoms with Gasteiger partial charge in [0, 0.05) is 13.0 Å². The fourth-order valence-corrected chi connectivity index (χ4v) is 8.94. The quantitative estimate of drug-likeness (QED) is 0.0267. The molecule has 9 heteroatoms. The molecule has 6 atom stereocenters. The van der Waals surface area contributed by atoms with Gasteiger partial charge in [0.15, 0.2) is 6.29 Å². The van der Waals surface area contributed by atoms with Crippen LogP contribution in [0.1, 0.15) is 271 Å². The molecule has 0 spiro atoms. The predicted molar refractivity (Wildman–Crippen MR) is 275 cm³/mol. The maximum atomic E-state index is 12.9. The Hall–Kier alpha value is -1.33. The van der Waals surface area contributed by atoms with Crippen LogP contribution in [0.3, 0.4) is 0 Å². The van der Waals surface area contributed by atoms with Crippen LogP contribution in [-0.4, -0.2) is 89.6 Å². The fraction of sp³-hybridized carbons (Fsp3) is 0.912. The summed E-state index contributed by atoms with van der Waals surface area (Å²) in [6.45, 7) is 4.60. The molecule has 1 aliphatic heterocycles. The van der Waals surface area contributed by atoms with Gasteiger partial charge in [-0.2, -0.15) is 0 Å². The second-order valence-electron chi connectivity index (χ2n) is 19.7. The first kappa shape index (κ1) is 62.7. The topological polar surface area (TPSA) is 135 Å². The SMILES string of the molecule is CCCCCCC/C=C\C/C=C\CCCCCCCCCCCCCCCCOCC(COC1OC(CO)C(O)C(O)C1O)OC(=O)CCCCCCCCCCCCCCCCCCC. The summed E-state index contributed by atoms with van der Waals surface area (Å²) in [7, 11) is 0. The van der Waals surface area contributed by atoms with Gasteiger partial charge in [-0.3, -0.25) is 4.79 Å². The van der Waals surface area contributed by atoms with Gasteiger partial charge in [0.2, 0.25) is 0 Å². The Labute approximate surface area is 407 Å². The third kappa shape index (κ3) is 38.5. The van der Waals surface area contributed by atoms with Crippen LogP contribution in [0.15, 0.2) is 24.3 Å². The van der Waals surface area contributed by atoms with Crippen molar-refractivity contribution in [2.24, 2.45) is 0 Å². The number of hydrogen-bond donors (Lipinski definition) is 4. The molecule has 1 saturated heterocycles. The van der Waals surface area contributed by atoms with E-state index in [1.165, 1.54) is 212 Å². The van der Waals surface area contributed by atoms with Crippen LogP contribution in [0, 0.1) is 0 Å². The van der Waals surface area contributed by atoms with E-state index in [0.717, 1.165) is 38.5 Å².